The fourth-order valence-corrected chi connectivity index (χ4v) is 1.50. The zero-order chi connectivity index (χ0) is 11.1. The summed E-state index contributed by atoms with van der Waals surface area (Å²) in [7, 11) is 0. The molecule has 0 saturated heterocycles. The fourth-order valence-electron chi connectivity index (χ4n) is 1.50. The van der Waals surface area contributed by atoms with E-state index in [1.165, 1.54) is 11.9 Å². The van der Waals surface area contributed by atoms with Crippen molar-refractivity contribution in [2.75, 3.05) is 13.1 Å². The zero-order valence-electron chi connectivity index (χ0n) is 9.10. The third-order valence-corrected chi connectivity index (χ3v) is 2.36. The van der Waals surface area contributed by atoms with E-state index in [0.717, 1.165) is 25.9 Å². The SMILES string of the molecule is c1ccc(CCNCCc2ncno2)cc1. The summed E-state index contributed by atoms with van der Waals surface area (Å²) < 4.78 is 4.90. The predicted octanol–water partition coefficient (Wildman–Crippen LogP) is 1.44. The monoisotopic (exact) mass is 217 g/mol. The second-order valence-corrected chi connectivity index (χ2v) is 3.57. The van der Waals surface area contributed by atoms with Crippen LogP contribution < -0.4 is 5.32 Å². The van der Waals surface area contributed by atoms with Gasteiger partial charge < -0.3 is 9.84 Å². The summed E-state index contributed by atoms with van der Waals surface area (Å²) in [6, 6.07) is 10.4. The fraction of sp³-hybridized carbons (Fsp3) is 0.333. The van der Waals surface area contributed by atoms with Crippen molar-refractivity contribution in [3.8, 4) is 0 Å². The van der Waals surface area contributed by atoms with E-state index >= 15 is 0 Å². The van der Waals surface area contributed by atoms with Crippen molar-refractivity contribution < 1.29 is 4.52 Å². The summed E-state index contributed by atoms with van der Waals surface area (Å²) in [5, 5.41) is 6.90. The largest absolute Gasteiger partial charge is 0.340 e. The van der Waals surface area contributed by atoms with Gasteiger partial charge in [-0.25, -0.2) is 0 Å². The lowest BCUT2D eigenvalue weighted by Gasteiger charge is -2.02. The van der Waals surface area contributed by atoms with E-state index in [-0.39, 0.29) is 0 Å². The average molecular weight is 217 g/mol. The van der Waals surface area contributed by atoms with Crippen LogP contribution in [0.3, 0.4) is 0 Å². The highest BCUT2D eigenvalue weighted by molar-refractivity contribution is 5.14. The normalized spacial score (nSPS) is 10.5. The number of rotatable bonds is 6. The van der Waals surface area contributed by atoms with Gasteiger partial charge in [0.25, 0.3) is 0 Å². The molecular formula is C12H15N3O. The molecule has 1 aromatic heterocycles. The van der Waals surface area contributed by atoms with Gasteiger partial charge in [0.1, 0.15) is 0 Å². The average Bonchev–Trinajstić information content (AvgIpc) is 2.83. The summed E-state index contributed by atoms with van der Waals surface area (Å²) in [6.45, 7) is 1.84. The third-order valence-electron chi connectivity index (χ3n) is 2.36. The van der Waals surface area contributed by atoms with Crippen LogP contribution in [0.1, 0.15) is 11.5 Å². The van der Waals surface area contributed by atoms with Gasteiger partial charge in [-0.15, -0.1) is 0 Å². The maximum absolute atomic E-state index is 4.90. The third kappa shape index (κ3) is 3.47. The van der Waals surface area contributed by atoms with Gasteiger partial charge in [0.2, 0.25) is 5.89 Å². The minimum absolute atomic E-state index is 0.687. The van der Waals surface area contributed by atoms with Gasteiger partial charge >= 0.3 is 0 Å². The van der Waals surface area contributed by atoms with E-state index in [1.807, 2.05) is 6.07 Å². The Balaban J connectivity index is 1.59. The van der Waals surface area contributed by atoms with Crippen molar-refractivity contribution >= 4 is 0 Å². The minimum atomic E-state index is 0.687. The van der Waals surface area contributed by atoms with E-state index in [4.69, 9.17) is 4.52 Å². The maximum atomic E-state index is 4.90. The quantitative estimate of drug-likeness (QED) is 0.744. The summed E-state index contributed by atoms with van der Waals surface area (Å²) in [5.74, 6) is 0.687. The van der Waals surface area contributed by atoms with Crippen molar-refractivity contribution in [1.82, 2.24) is 15.5 Å². The van der Waals surface area contributed by atoms with E-state index in [9.17, 15) is 0 Å². The first-order valence-electron chi connectivity index (χ1n) is 5.45. The van der Waals surface area contributed by atoms with Crippen LogP contribution in [0.4, 0.5) is 0 Å². The Kier molecular flexibility index (Phi) is 4.08. The molecule has 0 atom stereocenters. The lowest BCUT2D eigenvalue weighted by molar-refractivity contribution is 0.375. The van der Waals surface area contributed by atoms with Gasteiger partial charge in [-0.1, -0.05) is 35.5 Å². The predicted molar refractivity (Wildman–Crippen MR) is 61.0 cm³/mol. The summed E-state index contributed by atoms with van der Waals surface area (Å²) in [5.41, 5.74) is 1.35. The van der Waals surface area contributed by atoms with Crippen molar-refractivity contribution in [2.24, 2.45) is 0 Å². The Morgan fingerprint density at radius 2 is 1.88 bits per heavy atom. The molecule has 0 saturated carbocycles. The van der Waals surface area contributed by atoms with E-state index in [1.54, 1.807) is 0 Å². The van der Waals surface area contributed by atoms with Gasteiger partial charge in [0, 0.05) is 13.0 Å². The topological polar surface area (TPSA) is 51.0 Å². The molecule has 2 rings (SSSR count). The molecule has 0 aliphatic carbocycles. The highest BCUT2D eigenvalue weighted by Crippen LogP contribution is 1.98. The molecular weight excluding hydrogens is 202 g/mol. The van der Waals surface area contributed by atoms with Crippen molar-refractivity contribution in [1.29, 1.82) is 0 Å². The molecule has 4 nitrogen and oxygen atoms in total. The molecule has 84 valence electrons. The second kappa shape index (κ2) is 6.02. The molecule has 1 N–H and O–H groups in total. The van der Waals surface area contributed by atoms with Gasteiger partial charge in [0.05, 0.1) is 0 Å². The highest BCUT2D eigenvalue weighted by atomic mass is 16.5. The molecule has 0 aliphatic heterocycles. The van der Waals surface area contributed by atoms with Gasteiger partial charge in [-0.3, -0.25) is 0 Å². The Morgan fingerprint density at radius 3 is 2.62 bits per heavy atom. The molecule has 0 amide bonds. The summed E-state index contributed by atoms with van der Waals surface area (Å²) in [6.07, 6.45) is 3.26. The molecule has 0 fully saturated rings. The summed E-state index contributed by atoms with van der Waals surface area (Å²) >= 11 is 0. The van der Waals surface area contributed by atoms with Crippen LogP contribution in [0.25, 0.3) is 0 Å². The number of aromatic nitrogens is 2. The van der Waals surface area contributed by atoms with E-state index in [2.05, 4.69) is 39.7 Å². The van der Waals surface area contributed by atoms with Crippen LogP contribution in [0, 0.1) is 0 Å². The first-order chi connectivity index (χ1) is 7.95. The molecule has 1 heterocycles. The van der Waals surface area contributed by atoms with Gasteiger partial charge in [-0.05, 0) is 18.5 Å². The molecule has 0 unspecified atom stereocenters. The standard InChI is InChI=1S/C12H15N3O/c1-2-4-11(5-3-1)6-8-13-9-7-12-14-10-15-16-12/h1-5,10,13H,6-9H2. The lowest BCUT2D eigenvalue weighted by Crippen LogP contribution is -2.20. The summed E-state index contributed by atoms with van der Waals surface area (Å²) in [4.78, 5) is 3.95. The van der Waals surface area contributed by atoms with E-state index in [0.29, 0.717) is 5.89 Å². The Hall–Kier alpha value is -1.68. The smallest absolute Gasteiger partial charge is 0.227 e. The molecule has 1 aromatic carbocycles. The molecule has 2 aromatic rings. The Bertz CT molecular complexity index is 386. The maximum Gasteiger partial charge on any atom is 0.227 e. The van der Waals surface area contributed by atoms with Gasteiger partial charge in [-0.2, -0.15) is 4.98 Å². The number of hydrogen-bond donors (Lipinski definition) is 1. The van der Waals surface area contributed by atoms with Gasteiger partial charge in [0.15, 0.2) is 6.33 Å². The number of nitrogens with one attached hydrogen (secondary N) is 1. The lowest BCUT2D eigenvalue weighted by atomic mass is 10.1. The second-order valence-electron chi connectivity index (χ2n) is 3.57. The van der Waals surface area contributed by atoms with E-state index < -0.39 is 0 Å². The first kappa shape index (κ1) is 10.8. The van der Waals surface area contributed by atoms with Crippen LogP contribution in [-0.4, -0.2) is 23.2 Å². The number of benzene rings is 1. The molecule has 16 heavy (non-hydrogen) atoms. The van der Waals surface area contributed by atoms with Crippen LogP contribution in [0.5, 0.6) is 0 Å². The van der Waals surface area contributed by atoms with Crippen LogP contribution >= 0.6 is 0 Å². The van der Waals surface area contributed by atoms with Crippen LogP contribution in [0.2, 0.25) is 0 Å². The number of nitrogens with zero attached hydrogens (tertiary/aromatic N) is 2. The first-order valence-corrected chi connectivity index (χ1v) is 5.45. The Morgan fingerprint density at radius 1 is 1.06 bits per heavy atom. The Labute approximate surface area is 94.7 Å². The zero-order valence-corrected chi connectivity index (χ0v) is 9.10. The van der Waals surface area contributed by atoms with Crippen molar-refractivity contribution in [3.63, 3.8) is 0 Å². The highest BCUT2D eigenvalue weighted by Gasteiger charge is 1.97. The number of hydrogen-bond acceptors (Lipinski definition) is 4. The van der Waals surface area contributed by atoms with Crippen molar-refractivity contribution in [2.45, 2.75) is 12.8 Å². The van der Waals surface area contributed by atoms with Crippen LogP contribution in [-0.2, 0) is 12.8 Å². The molecule has 0 bridgehead atoms. The molecule has 0 spiro atoms. The van der Waals surface area contributed by atoms with Crippen LogP contribution in [0.15, 0.2) is 41.2 Å². The molecule has 0 radical (unpaired) electrons. The van der Waals surface area contributed by atoms with Crippen molar-refractivity contribution in [3.05, 3.63) is 48.1 Å². The minimum Gasteiger partial charge on any atom is -0.340 e. The molecule has 0 aliphatic rings. The molecule has 4 heteroatoms.